The van der Waals surface area contributed by atoms with Crippen LogP contribution < -0.4 is 0 Å². The maximum absolute atomic E-state index is 5.35. The first kappa shape index (κ1) is 7.76. The van der Waals surface area contributed by atoms with Crippen LogP contribution in [0.1, 0.15) is 12.8 Å². The van der Waals surface area contributed by atoms with Crippen molar-refractivity contribution < 1.29 is 9.47 Å². The van der Waals surface area contributed by atoms with E-state index in [1.807, 2.05) is 0 Å². The highest BCUT2D eigenvalue weighted by Crippen LogP contribution is 2.11. The summed E-state index contributed by atoms with van der Waals surface area (Å²) in [5.74, 6) is 0. The van der Waals surface area contributed by atoms with Crippen LogP contribution in [0.25, 0.3) is 0 Å². The second kappa shape index (κ2) is 4.47. The zero-order chi connectivity index (χ0) is 7.23. The lowest BCUT2D eigenvalue weighted by atomic mass is 10.2. The summed E-state index contributed by atoms with van der Waals surface area (Å²) in [4.78, 5) is 0. The lowest BCUT2D eigenvalue weighted by Crippen LogP contribution is -2.23. The van der Waals surface area contributed by atoms with Gasteiger partial charge in [0.15, 0.2) is 0 Å². The first-order chi connectivity index (χ1) is 4.93. The van der Waals surface area contributed by atoms with Crippen molar-refractivity contribution in [2.45, 2.75) is 18.9 Å². The van der Waals surface area contributed by atoms with Crippen LogP contribution >= 0.6 is 0 Å². The molecule has 1 fully saturated rings. The number of ether oxygens (including phenoxy) is 2. The molecular weight excluding hydrogens is 128 g/mol. The molecule has 0 aromatic heterocycles. The summed E-state index contributed by atoms with van der Waals surface area (Å²) >= 11 is 0. The number of hydrogen-bond acceptors (Lipinski definition) is 2. The predicted molar refractivity (Wildman–Crippen MR) is 38.4 cm³/mol. The van der Waals surface area contributed by atoms with Gasteiger partial charge in [-0.25, -0.2) is 0 Å². The zero-order valence-corrected chi connectivity index (χ0v) is 6.01. The van der Waals surface area contributed by atoms with Crippen LogP contribution in [0.4, 0.5) is 0 Å². The van der Waals surface area contributed by atoms with Crippen LogP contribution in [0.5, 0.6) is 0 Å². The van der Waals surface area contributed by atoms with E-state index in [9.17, 15) is 0 Å². The van der Waals surface area contributed by atoms with Crippen molar-refractivity contribution in [1.29, 1.82) is 0 Å². The third kappa shape index (κ3) is 2.50. The Morgan fingerprint density at radius 3 is 3.30 bits per heavy atom. The zero-order valence-electron chi connectivity index (χ0n) is 6.01. The van der Waals surface area contributed by atoms with Gasteiger partial charge in [-0.2, -0.15) is 0 Å². The molecule has 0 amide bonds. The molecule has 0 N–H and O–H groups in total. The maximum Gasteiger partial charge on any atom is 0.132 e. The van der Waals surface area contributed by atoms with Crippen LogP contribution in [-0.4, -0.2) is 19.3 Å². The average Bonchev–Trinajstić information content (AvgIpc) is 2.03. The molecule has 1 rings (SSSR count). The Labute approximate surface area is 61.8 Å². The van der Waals surface area contributed by atoms with E-state index in [0.717, 1.165) is 12.8 Å². The fourth-order valence-electron chi connectivity index (χ4n) is 0.863. The summed E-state index contributed by atoms with van der Waals surface area (Å²) in [6, 6.07) is 0. The van der Waals surface area contributed by atoms with E-state index in [1.165, 1.54) is 0 Å². The molecular formula is C8H12O2. The minimum Gasteiger partial charge on any atom is -0.372 e. The largest absolute Gasteiger partial charge is 0.372 e. The third-order valence-electron chi connectivity index (χ3n) is 1.39. The van der Waals surface area contributed by atoms with E-state index in [2.05, 4.69) is 13.2 Å². The SMILES string of the molecule is C=CCOC1CC[C]OC1. The molecule has 56 valence electrons. The van der Waals surface area contributed by atoms with Gasteiger partial charge in [-0.05, 0) is 12.8 Å². The van der Waals surface area contributed by atoms with E-state index in [1.54, 1.807) is 6.08 Å². The van der Waals surface area contributed by atoms with Crippen molar-refractivity contribution in [3.05, 3.63) is 19.3 Å². The van der Waals surface area contributed by atoms with Gasteiger partial charge in [0.2, 0.25) is 0 Å². The molecule has 1 aliphatic heterocycles. The van der Waals surface area contributed by atoms with Gasteiger partial charge in [-0.3, -0.25) is 0 Å². The highest BCUT2D eigenvalue weighted by Gasteiger charge is 2.13. The van der Waals surface area contributed by atoms with Crippen LogP contribution in [0.2, 0.25) is 0 Å². The Kier molecular flexibility index (Phi) is 3.47. The second-order valence-electron chi connectivity index (χ2n) is 2.24. The van der Waals surface area contributed by atoms with Crippen LogP contribution in [-0.2, 0) is 9.47 Å². The van der Waals surface area contributed by atoms with Gasteiger partial charge < -0.3 is 9.47 Å². The van der Waals surface area contributed by atoms with Gasteiger partial charge in [0.05, 0.1) is 19.3 Å². The van der Waals surface area contributed by atoms with Crippen molar-refractivity contribution in [1.82, 2.24) is 0 Å². The molecule has 2 radical (unpaired) electrons. The molecule has 0 aliphatic carbocycles. The summed E-state index contributed by atoms with van der Waals surface area (Å²) in [5, 5.41) is 0. The quantitative estimate of drug-likeness (QED) is 0.552. The Morgan fingerprint density at radius 1 is 1.80 bits per heavy atom. The van der Waals surface area contributed by atoms with Crippen molar-refractivity contribution in [3.8, 4) is 0 Å². The fourth-order valence-corrected chi connectivity index (χ4v) is 0.863. The monoisotopic (exact) mass is 140 g/mol. The van der Waals surface area contributed by atoms with E-state index in [4.69, 9.17) is 9.47 Å². The van der Waals surface area contributed by atoms with Crippen LogP contribution in [0.15, 0.2) is 12.7 Å². The van der Waals surface area contributed by atoms with E-state index < -0.39 is 0 Å². The van der Waals surface area contributed by atoms with Gasteiger partial charge >= 0.3 is 0 Å². The summed E-state index contributed by atoms with van der Waals surface area (Å²) in [5.41, 5.74) is 0. The Balaban J connectivity index is 2.07. The molecule has 1 heterocycles. The van der Waals surface area contributed by atoms with E-state index >= 15 is 0 Å². The molecule has 1 unspecified atom stereocenters. The molecule has 0 aromatic rings. The molecule has 0 spiro atoms. The number of rotatable bonds is 3. The Hall–Kier alpha value is -0.340. The molecule has 2 nitrogen and oxygen atoms in total. The summed E-state index contributed by atoms with van der Waals surface area (Å²) in [7, 11) is 0. The highest BCUT2D eigenvalue weighted by molar-refractivity contribution is 4.71. The van der Waals surface area contributed by atoms with E-state index in [0.29, 0.717) is 13.2 Å². The molecule has 1 aliphatic rings. The molecule has 1 atom stereocenters. The minimum atomic E-state index is 0.249. The van der Waals surface area contributed by atoms with Gasteiger partial charge in [0, 0.05) is 0 Å². The molecule has 0 aromatic carbocycles. The van der Waals surface area contributed by atoms with Gasteiger partial charge in [-0.1, -0.05) is 6.08 Å². The highest BCUT2D eigenvalue weighted by atomic mass is 16.5. The van der Waals surface area contributed by atoms with E-state index in [-0.39, 0.29) is 6.10 Å². The van der Waals surface area contributed by atoms with Gasteiger partial charge in [0.1, 0.15) is 6.61 Å². The average molecular weight is 140 g/mol. The topological polar surface area (TPSA) is 18.5 Å². The third-order valence-corrected chi connectivity index (χ3v) is 1.39. The standard InChI is InChI=1S/C8H12O2/c1-2-5-10-8-4-3-6-9-7-8/h2,8H,1,3-5,7H2. The Bertz CT molecular complexity index is 95.4. The van der Waals surface area contributed by atoms with Crippen LogP contribution in [0, 0.1) is 6.61 Å². The normalized spacial score (nSPS) is 26.2. The molecule has 0 bridgehead atoms. The summed E-state index contributed by atoms with van der Waals surface area (Å²) < 4.78 is 10.3. The maximum atomic E-state index is 5.35. The van der Waals surface area contributed by atoms with Crippen molar-refractivity contribution in [2.75, 3.05) is 13.2 Å². The minimum absolute atomic E-state index is 0.249. The van der Waals surface area contributed by atoms with Crippen molar-refractivity contribution in [2.24, 2.45) is 0 Å². The van der Waals surface area contributed by atoms with Crippen molar-refractivity contribution in [3.63, 3.8) is 0 Å². The Morgan fingerprint density at radius 2 is 2.70 bits per heavy atom. The smallest absolute Gasteiger partial charge is 0.132 e. The van der Waals surface area contributed by atoms with Crippen molar-refractivity contribution >= 4 is 0 Å². The fraction of sp³-hybridized carbons (Fsp3) is 0.625. The summed E-state index contributed by atoms with van der Waals surface area (Å²) in [6.07, 6.45) is 3.90. The summed E-state index contributed by atoms with van der Waals surface area (Å²) in [6.45, 7) is 7.61. The first-order valence-corrected chi connectivity index (χ1v) is 3.50. The molecule has 1 saturated heterocycles. The van der Waals surface area contributed by atoms with Crippen LogP contribution in [0.3, 0.4) is 0 Å². The molecule has 2 heteroatoms. The predicted octanol–water partition coefficient (Wildman–Crippen LogP) is 1.41. The van der Waals surface area contributed by atoms with Gasteiger partial charge in [-0.15, -0.1) is 6.58 Å². The number of hydrogen-bond donors (Lipinski definition) is 0. The molecule has 10 heavy (non-hydrogen) atoms. The lowest BCUT2D eigenvalue weighted by Gasteiger charge is -2.20. The van der Waals surface area contributed by atoms with Gasteiger partial charge in [0.25, 0.3) is 0 Å². The second-order valence-corrected chi connectivity index (χ2v) is 2.24. The molecule has 0 saturated carbocycles. The first-order valence-electron chi connectivity index (χ1n) is 3.50. The lowest BCUT2D eigenvalue weighted by molar-refractivity contribution is -0.0176.